The van der Waals surface area contributed by atoms with Crippen LogP contribution in [0.3, 0.4) is 0 Å². The molecule has 3 rings (SSSR count). The van der Waals surface area contributed by atoms with Gasteiger partial charge in [0, 0.05) is 38.8 Å². The number of anilines is 2. The number of aromatic nitrogens is 1. The van der Waals surface area contributed by atoms with Gasteiger partial charge in [-0.15, -0.1) is 0 Å². The second-order valence-electron chi connectivity index (χ2n) is 4.91. The van der Waals surface area contributed by atoms with E-state index in [4.69, 9.17) is 10.5 Å². The molecule has 1 aromatic heterocycles. The summed E-state index contributed by atoms with van der Waals surface area (Å²) in [6.45, 7) is 3.92. The summed E-state index contributed by atoms with van der Waals surface area (Å²) in [5.41, 5.74) is 6.64. The van der Waals surface area contributed by atoms with Gasteiger partial charge in [-0.3, -0.25) is 9.69 Å². The van der Waals surface area contributed by atoms with Gasteiger partial charge in [-0.25, -0.2) is 4.98 Å². The average molecular weight is 262 g/mol. The Morgan fingerprint density at radius 1 is 1.32 bits per heavy atom. The molecule has 1 unspecified atom stereocenters. The number of carbonyl (C=O) groups is 1. The molecule has 2 fully saturated rings. The fraction of sp³-hybridized carbons (Fsp3) is 0.538. The molecular weight excluding hydrogens is 244 g/mol. The number of nitrogens with zero attached hydrogens (tertiary/aromatic N) is 3. The minimum atomic E-state index is -0.0780. The second kappa shape index (κ2) is 5.05. The quantitative estimate of drug-likeness (QED) is 0.762. The lowest BCUT2D eigenvalue weighted by molar-refractivity contribution is -0.142. The number of pyridine rings is 1. The van der Waals surface area contributed by atoms with Gasteiger partial charge in [-0.1, -0.05) is 0 Å². The van der Waals surface area contributed by atoms with E-state index in [1.54, 1.807) is 6.20 Å². The van der Waals surface area contributed by atoms with Gasteiger partial charge < -0.3 is 15.4 Å². The van der Waals surface area contributed by atoms with E-state index in [1.807, 2.05) is 12.1 Å². The molecule has 2 aliphatic heterocycles. The van der Waals surface area contributed by atoms with Gasteiger partial charge >= 0.3 is 5.97 Å². The molecule has 19 heavy (non-hydrogen) atoms. The van der Waals surface area contributed by atoms with Gasteiger partial charge in [0.15, 0.2) is 5.82 Å². The third-order valence-corrected chi connectivity index (χ3v) is 3.78. The zero-order chi connectivity index (χ0) is 13.2. The molecule has 0 amide bonds. The maximum atomic E-state index is 11.6. The van der Waals surface area contributed by atoms with Gasteiger partial charge in [0.25, 0.3) is 0 Å². The van der Waals surface area contributed by atoms with Crippen molar-refractivity contribution in [2.75, 3.05) is 43.4 Å². The van der Waals surface area contributed by atoms with Crippen molar-refractivity contribution < 1.29 is 9.53 Å². The first-order valence-electron chi connectivity index (χ1n) is 6.62. The van der Waals surface area contributed by atoms with Crippen LogP contribution >= 0.6 is 0 Å². The molecule has 0 spiro atoms. The minimum absolute atomic E-state index is 0.0526. The van der Waals surface area contributed by atoms with Crippen LogP contribution in [-0.2, 0) is 9.53 Å². The Morgan fingerprint density at radius 2 is 2.11 bits per heavy atom. The van der Waals surface area contributed by atoms with Crippen LogP contribution in [0, 0.1) is 0 Å². The van der Waals surface area contributed by atoms with E-state index < -0.39 is 0 Å². The molecule has 0 aromatic carbocycles. The van der Waals surface area contributed by atoms with Crippen LogP contribution < -0.4 is 10.6 Å². The Labute approximate surface area is 112 Å². The first-order valence-corrected chi connectivity index (χ1v) is 6.62. The normalized spacial score (nSPS) is 24.5. The Kier molecular flexibility index (Phi) is 3.25. The van der Waals surface area contributed by atoms with Crippen LogP contribution in [0.25, 0.3) is 0 Å². The van der Waals surface area contributed by atoms with Gasteiger partial charge in [-0.2, -0.15) is 0 Å². The maximum Gasteiger partial charge on any atom is 0.323 e. The fourth-order valence-corrected chi connectivity index (χ4v) is 2.74. The summed E-state index contributed by atoms with van der Waals surface area (Å²) in [6, 6.07) is 3.65. The van der Waals surface area contributed by atoms with Crippen molar-refractivity contribution in [3.8, 4) is 0 Å². The molecule has 0 saturated carbocycles. The van der Waals surface area contributed by atoms with Crippen molar-refractivity contribution in [2.45, 2.75) is 12.5 Å². The summed E-state index contributed by atoms with van der Waals surface area (Å²) < 4.78 is 5.02. The van der Waals surface area contributed by atoms with Crippen LogP contribution in [0.2, 0.25) is 0 Å². The highest BCUT2D eigenvalue weighted by Gasteiger charge is 2.34. The molecule has 2 N–H and O–H groups in total. The molecular formula is C13H18N4O2. The number of hydrogen-bond acceptors (Lipinski definition) is 6. The Morgan fingerprint density at radius 3 is 2.74 bits per heavy atom. The number of piperazine rings is 1. The van der Waals surface area contributed by atoms with Crippen molar-refractivity contribution in [1.82, 2.24) is 9.88 Å². The number of esters is 1. The number of nitrogens with two attached hydrogens (primary N) is 1. The van der Waals surface area contributed by atoms with Gasteiger partial charge in [0.05, 0.1) is 12.3 Å². The maximum absolute atomic E-state index is 11.6. The van der Waals surface area contributed by atoms with Crippen LogP contribution in [0.1, 0.15) is 6.42 Å². The monoisotopic (exact) mass is 262 g/mol. The van der Waals surface area contributed by atoms with E-state index in [0.29, 0.717) is 12.3 Å². The molecule has 2 saturated heterocycles. The van der Waals surface area contributed by atoms with Crippen molar-refractivity contribution in [2.24, 2.45) is 0 Å². The van der Waals surface area contributed by atoms with Crippen molar-refractivity contribution in [3.63, 3.8) is 0 Å². The lowest BCUT2D eigenvalue weighted by Gasteiger charge is -2.37. The summed E-state index contributed by atoms with van der Waals surface area (Å²) in [4.78, 5) is 20.3. The number of cyclic esters (lactones) is 1. The predicted octanol–water partition coefficient (Wildman–Crippen LogP) is 0.101. The molecule has 1 aromatic rings. The van der Waals surface area contributed by atoms with Gasteiger partial charge in [0.2, 0.25) is 0 Å². The lowest BCUT2D eigenvalue weighted by atomic mass is 10.2. The number of hydrogen-bond donors (Lipinski definition) is 1. The van der Waals surface area contributed by atoms with E-state index in [2.05, 4.69) is 14.8 Å². The lowest BCUT2D eigenvalue weighted by Crippen LogP contribution is -2.52. The van der Waals surface area contributed by atoms with E-state index in [-0.39, 0.29) is 12.0 Å². The highest BCUT2D eigenvalue weighted by atomic mass is 16.5. The molecule has 6 heteroatoms. The zero-order valence-electron chi connectivity index (χ0n) is 10.8. The minimum Gasteiger partial charge on any atom is -0.464 e. The summed E-state index contributed by atoms with van der Waals surface area (Å²) in [5.74, 6) is 0.766. The number of nitrogen functional groups attached to an aromatic ring is 1. The van der Waals surface area contributed by atoms with Gasteiger partial charge in [0.1, 0.15) is 6.04 Å². The molecule has 0 radical (unpaired) electrons. The first-order chi connectivity index (χ1) is 9.25. The molecule has 1 atom stereocenters. The fourth-order valence-electron chi connectivity index (χ4n) is 2.74. The third-order valence-electron chi connectivity index (χ3n) is 3.78. The Bertz CT molecular complexity index is 471. The molecule has 102 valence electrons. The zero-order valence-corrected chi connectivity index (χ0v) is 10.8. The summed E-state index contributed by atoms with van der Waals surface area (Å²) in [5, 5.41) is 0. The number of rotatable bonds is 2. The number of carbonyl (C=O) groups excluding carboxylic acids is 1. The molecule has 0 aliphatic carbocycles. The smallest absolute Gasteiger partial charge is 0.323 e. The SMILES string of the molecule is Nc1cccnc1N1CCN(C2CCOC2=O)CC1. The van der Waals surface area contributed by atoms with Crippen LogP contribution in [0.15, 0.2) is 18.3 Å². The van der Waals surface area contributed by atoms with E-state index in [9.17, 15) is 4.79 Å². The van der Waals surface area contributed by atoms with Crippen molar-refractivity contribution in [3.05, 3.63) is 18.3 Å². The summed E-state index contributed by atoms with van der Waals surface area (Å²) in [6.07, 6.45) is 2.57. The molecule has 0 bridgehead atoms. The second-order valence-corrected chi connectivity index (χ2v) is 4.91. The first kappa shape index (κ1) is 12.2. The van der Waals surface area contributed by atoms with E-state index >= 15 is 0 Å². The summed E-state index contributed by atoms with van der Waals surface area (Å²) in [7, 11) is 0. The van der Waals surface area contributed by atoms with Crippen LogP contribution in [0.4, 0.5) is 11.5 Å². The highest BCUT2D eigenvalue weighted by molar-refractivity contribution is 5.77. The standard InChI is InChI=1S/C13H18N4O2/c14-10-2-1-4-15-12(10)17-7-5-16(6-8-17)11-3-9-19-13(11)18/h1-2,4,11H,3,5-9,14H2. The van der Waals surface area contributed by atoms with Crippen LogP contribution in [0.5, 0.6) is 0 Å². The Hall–Kier alpha value is -1.82. The molecule has 2 aliphatic rings. The van der Waals surface area contributed by atoms with Crippen LogP contribution in [-0.4, -0.2) is 54.7 Å². The molecule has 3 heterocycles. The summed E-state index contributed by atoms with van der Waals surface area (Å²) >= 11 is 0. The number of ether oxygens (including phenoxy) is 1. The van der Waals surface area contributed by atoms with E-state index in [0.717, 1.165) is 38.4 Å². The average Bonchev–Trinajstić information content (AvgIpc) is 2.86. The predicted molar refractivity (Wildman–Crippen MR) is 71.8 cm³/mol. The Balaban J connectivity index is 1.63. The van der Waals surface area contributed by atoms with Crippen molar-refractivity contribution >= 4 is 17.5 Å². The molecule has 6 nitrogen and oxygen atoms in total. The topological polar surface area (TPSA) is 71.7 Å². The largest absolute Gasteiger partial charge is 0.464 e. The van der Waals surface area contributed by atoms with Gasteiger partial charge in [-0.05, 0) is 12.1 Å². The van der Waals surface area contributed by atoms with E-state index in [1.165, 1.54) is 0 Å². The third kappa shape index (κ3) is 2.35. The van der Waals surface area contributed by atoms with Crippen molar-refractivity contribution in [1.29, 1.82) is 0 Å². The highest BCUT2D eigenvalue weighted by Crippen LogP contribution is 2.22.